The van der Waals surface area contributed by atoms with Crippen molar-refractivity contribution < 1.29 is 9.15 Å². The van der Waals surface area contributed by atoms with Crippen LogP contribution in [-0.4, -0.2) is 7.11 Å². The van der Waals surface area contributed by atoms with Gasteiger partial charge in [0.05, 0.1) is 18.9 Å². The molecule has 3 nitrogen and oxygen atoms in total. The van der Waals surface area contributed by atoms with Crippen molar-refractivity contribution >= 4 is 11.0 Å². The minimum Gasteiger partial charge on any atom is -0.495 e. The van der Waals surface area contributed by atoms with Crippen molar-refractivity contribution in [3.05, 3.63) is 30.0 Å². The molecule has 0 bridgehead atoms. The van der Waals surface area contributed by atoms with Gasteiger partial charge in [-0.2, -0.15) is 5.26 Å². The highest BCUT2D eigenvalue weighted by Crippen LogP contribution is 2.25. The number of hydrogen-bond acceptors (Lipinski definition) is 3. The first-order chi connectivity index (χ1) is 6.35. The minimum atomic E-state index is 0.524. The third-order valence-electron chi connectivity index (χ3n) is 1.89. The molecule has 0 saturated heterocycles. The summed E-state index contributed by atoms with van der Waals surface area (Å²) in [6, 6.07) is 7.34. The van der Waals surface area contributed by atoms with Crippen LogP contribution >= 0.6 is 0 Å². The van der Waals surface area contributed by atoms with Crippen LogP contribution < -0.4 is 4.74 Å². The quantitative estimate of drug-likeness (QED) is 0.664. The Bertz CT molecular complexity index is 479. The molecular weight excluding hydrogens is 166 g/mol. The van der Waals surface area contributed by atoms with Gasteiger partial charge in [-0.1, -0.05) is 0 Å². The van der Waals surface area contributed by atoms with Crippen LogP contribution in [0.2, 0.25) is 0 Å². The molecule has 0 unspecified atom stereocenters. The molecule has 0 fully saturated rings. The van der Waals surface area contributed by atoms with Crippen molar-refractivity contribution in [2.75, 3.05) is 7.11 Å². The summed E-state index contributed by atoms with van der Waals surface area (Å²) in [6.45, 7) is 0. The summed E-state index contributed by atoms with van der Waals surface area (Å²) in [7, 11) is 1.53. The van der Waals surface area contributed by atoms with Crippen molar-refractivity contribution in [3.63, 3.8) is 0 Å². The molecule has 2 aromatic rings. The zero-order valence-corrected chi connectivity index (χ0v) is 7.07. The van der Waals surface area contributed by atoms with E-state index in [0.29, 0.717) is 11.3 Å². The highest BCUT2D eigenvalue weighted by Gasteiger charge is 2.05. The highest BCUT2D eigenvalue weighted by molar-refractivity contribution is 5.81. The van der Waals surface area contributed by atoms with Gasteiger partial charge < -0.3 is 9.15 Å². The lowest BCUT2D eigenvalue weighted by atomic mass is 10.1. The zero-order chi connectivity index (χ0) is 9.26. The normalized spacial score (nSPS) is 9.85. The fourth-order valence-corrected chi connectivity index (χ4v) is 1.25. The molecule has 0 spiro atoms. The fraction of sp³-hybridized carbons (Fsp3) is 0.100. The predicted octanol–water partition coefficient (Wildman–Crippen LogP) is 2.31. The van der Waals surface area contributed by atoms with Gasteiger partial charge in [0, 0.05) is 11.5 Å². The number of hydrogen-bond donors (Lipinski definition) is 0. The van der Waals surface area contributed by atoms with Crippen molar-refractivity contribution in [3.8, 4) is 11.8 Å². The Morgan fingerprint density at radius 3 is 3.00 bits per heavy atom. The Morgan fingerprint density at radius 2 is 2.31 bits per heavy atom. The molecule has 0 aliphatic carbocycles. The number of methoxy groups -OCH3 is 1. The number of nitriles is 1. The number of ether oxygens (including phenoxy) is 1. The summed E-state index contributed by atoms with van der Waals surface area (Å²) in [4.78, 5) is 0. The first-order valence-electron chi connectivity index (χ1n) is 3.80. The van der Waals surface area contributed by atoms with Gasteiger partial charge in [-0.05, 0) is 12.1 Å². The van der Waals surface area contributed by atoms with Gasteiger partial charge in [0.2, 0.25) is 0 Å². The molecule has 64 valence electrons. The summed E-state index contributed by atoms with van der Waals surface area (Å²) in [6.07, 6.45) is 1.59. The number of furan rings is 1. The molecule has 0 atom stereocenters. The maximum Gasteiger partial charge on any atom is 0.140 e. The van der Waals surface area contributed by atoms with E-state index in [-0.39, 0.29) is 0 Å². The maximum absolute atomic E-state index is 8.79. The molecule has 13 heavy (non-hydrogen) atoms. The highest BCUT2D eigenvalue weighted by atomic mass is 16.5. The Hall–Kier alpha value is -1.95. The first-order valence-corrected chi connectivity index (χ1v) is 3.80. The Labute approximate surface area is 75.1 Å². The summed E-state index contributed by atoms with van der Waals surface area (Å²) in [5.74, 6) is 0.546. The molecule has 3 heteroatoms. The third kappa shape index (κ3) is 1.13. The average Bonchev–Trinajstić information content (AvgIpc) is 2.62. The summed E-state index contributed by atoms with van der Waals surface area (Å²) >= 11 is 0. The molecule has 0 aliphatic rings. The van der Waals surface area contributed by atoms with E-state index < -0.39 is 0 Å². The predicted molar refractivity (Wildman–Crippen MR) is 47.5 cm³/mol. The van der Waals surface area contributed by atoms with Gasteiger partial charge in [0.15, 0.2) is 0 Å². The Morgan fingerprint density at radius 1 is 1.46 bits per heavy atom. The van der Waals surface area contributed by atoms with E-state index in [0.717, 1.165) is 11.0 Å². The SMILES string of the molecule is COc1cc2occc2cc1C#N. The number of nitrogens with zero attached hydrogens (tertiary/aromatic N) is 1. The van der Waals surface area contributed by atoms with E-state index in [2.05, 4.69) is 6.07 Å². The monoisotopic (exact) mass is 173 g/mol. The van der Waals surface area contributed by atoms with Gasteiger partial charge in [-0.3, -0.25) is 0 Å². The van der Waals surface area contributed by atoms with Gasteiger partial charge in [-0.25, -0.2) is 0 Å². The van der Waals surface area contributed by atoms with Crippen molar-refractivity contribution in [2.24, 2.45) is 0 Å². The molecule has 0 saturated carbocycles. The number of rotatable bonds is 1. The average molecular weight is 173 g/mol. The molecule has 0 radical (unpaired) electrons. The first kappa shape index (κ1) is 7.69. The van der Waals surface area contributed by atoms with Crippen LogP contribution in [0.15, 0.2) is 28.9 Å². The van der Waals surface area contributed by atoms with Crippen molar-refractivity contribution in [1.29, 1.82) is 5.26 Å². The van der Waals surface area contributed by atoms with Gasteiger partial charge >= 0.3 is 0 Å². The lowest BCUT2D eigenvalue weighted by Crippen LogP contribution is -1.86. The Kier molecular flexibility index (Phi) is 1.67. The van der Waals surface area contributed by atoms with Crippen LogP contribution in [0.1, 0.15) is 5.56 Å². The fourth-order valence-electron chi connectivity index (χ4n) is 1.25. The molecular formula is C10H7NO2. The van der Waals surface area contributed by atoms with E-state index in [1.54, 1.807) is 18.4 Å². The van der Waals surface area contributed by atoms with E-state index in [4.69, 9.17) is 14.4 Å². The van der Waals surface area contributed by atoms with Gasteiger partial charge in [-0.15, -0.1) is 0 Å². The van der Waals surface area contributed by atoms with Crippen molar-refractivity contribution in [1.82, 2.24) is 0 Å². The third-order valence-corrected chi connectivity index (χ3v) is 1.89. The molecule has 0 N–H and O–H groups in total. The van der Waals surface area contributed by atoms with E-state index in [9.17, 15) is 0 Å². The second kappa shape index (κ2) is 2.83. The van der Waals surface area contributed by atoms with E-state index in [1.165, 1.54) is 7.11 Å². The second-order valence-corrected chi connectivity index (χ2v) is 2.62. The van der Waals surface area contributed by atoms with Crippen LogP contribution in [0.3, 0.4) is 0 Å². The van der Waals surface area contributed by atoms with Crippen LogP contribution in [-0.2, 0) is 0 Å². The molecule has 0 aliphatic heterocycles. The minimum absolute atomic E-state index is 0.524. The second-order valence-electron chi connectivity index (χ2n) is 2.62. The molecule has 0 amide bonds. The van der Waals surface area contributed by atoms with E-state index in [1.807, 2.05) is 6.07 Å². The topological polar surface area (TPSA) is 46.2 Å². The Balaban J connectivity index is 2.76. The molecule has 1 aromatic heterocycles. The van der Waals surface area contributed by atoms with Crippen LogP contribution in [0.4, 0.5) is 0 Å². The number of fused-ring (bicyclic) bond motifs is 1. The summed E-state index contributed by atoms with van der Waals surface area (Å²) in [5.41, 5.74) is 1.26. The van der Waals surface area contributed by atoms with Gasteiger partial charge in [0.25, 0.3) is 0 Å². The lowest BCUT2D eigenvalue weighted by Gasteiger charge is -2.00. The lowest BCUT2D eigenvalue weighted by molar-refractivity contribution is 0.413. The van der Waals surface area contributed by atoms with Gasteiger partial charge in [0.1, 0.15) is 17.4 Å². The maximum atomic E-state index is 8.79. The smallest absolute Gasteiger partial charge is 0.140 e. The number of benzene rings is 1. The largest absolute Gasteiger partial charge is 0.495 e. The summed E-state index contributed by atoms with van der Waals surface area (Å²) < 4.78 is 10.2. The van der Waals surface area contributed by atoms with Crippen LogP contribution in [0.25, 0.3) is 11.0 Å². The van der Waals surface area contributed by atoms with Crippen LogP contribution in [0.5, 0.6) is 5.75 Å². The molecule has 1 aromatic carbocycles. The van der Waals surface area contributed by atoms with Crippen LogP contribution in [0, 0.1) is 11.3 Å². The molecule has 1 heterocycles. The summed E-state index contributed by atoms with van der Waals surface area (Å²) in [5, 5.41) is 9.70. The standard InChI is InChI=1S/C10H7NO2/c1-12-9-5-10-7(2-3-13-10)4-8(9)6-11/h2-5H,1H3. The van der Waals surface area contributed by atoms with Crippen molar-refractivity contribution in [2.45, 2.75) is 0 Å². The molecule has 2 rings (SSSR count). The zero-order valence-electron chi connectivity index (χ0n) is 7.07. The van der Waals surface area contributed by atoms with E-state index >= 15 is 0 Å².